The second-order valence-corrected chi connectivity index (χ2v) is 9.17. The number of nitrogens with one attached hydrogen (secondary N) is 3. The molecule has 4 aromatic rings. The van der Waals surface area contributed by atoms with Crippen molar-refractivity contribution in [1.29, 1.82) is 5.26 Å². The van der Waals surface area contributed by atoms with Crippen LogP contribution in [-0.2, 0) is 13.1 Å². The third kappa shape index (κ3) is 6.35. The monoisotopic (exact) mass is 574 g/mol. The molecule has 4 rings (SSSR count). The number of fused-ring (bicyclic) bond motifs is 1. The Morgan fingerprint density at radius 1 is 1.03 bits per heavy atom. The third-order valence-electron chi connectivity index (χ3n) is 5.69. The average molecular weight is 575 g/mol. The molecular weight excluding hydrogens is 552 g/mol. The lowest BCUT2D eigenvalue weighted by atomic mass is 10.1. The van der Waals surface area contributed by atoms with E-state index in [4.69, 9.17) is 10.4 Å². The summed E-state index contributed by atoms with van der Waals surface area (Å²) in [5, 5.41) is 31.7. The molecule has 1 aromatic heterocycles. The van der Waals surface area contributed by atoms with Crippen molar-refractivity contribution in [3.05, 3.63) is 93.6 Å². The first-order valence-electron chi connectivity index (χ1n) is 11.7. The Balaban J connectivity index is 1.36. The second kappa shape index (κ2) is 12.0. The van der Waals surface area contributed by atoms with Crippen molar-refractivity contribution in [2.24, 2.45) is 0 Å². The number of hydrogen-bond donors (Lipinski definition) is 4. The van der Waals surface area contributed by atoms with Crippen LogP contribution < -0.4 is 16.0 Å². The maximum absolute atomic E-state index is 13.1. The molecule has 192 valence electrons. The van der Waals surface area contributed by atoms with E-state index < -0.39 is 12.0 Å². The minimum absolute atomic E-state index is 0.177. The SMILES string of the molecule is N#Cc1ccc(NC(=O)NCCCn2nc3ccccc3c2C(=O)NCc2ccc(C(=O)O)cc2)c(Br)c1. The van der Waals surface area contributed by atoms with Gasteiger partial charge in [-0.1, -0.05) is 30.3 Å². The van der Waals surface area contributed by atoms with Gasteiger partial charge in [-0.3, -0.25) is 9.48 Å². The number of carboxylic acids is 1. The van der Waals surface area contributed by atoms with Crippen molar-refractivity contribution in [3.8, 4) is 6.07 Å². The molecule has 0 saturated carbocycles. The van der Waals surface area contributed by atoms with E-state index >= 15 is 0 Å². The van der Waals surface area contributed by atoms with Gasteiger partial charge in [0, 0.05) is 29.5 Å². The highest BCUT2D eigenvalue weighted by Gasteiger charge is 2.18. The smallest absolute Gasteiger partial charge is 0.335 e. The lowest BCUT2D eigenvalue weighted by Crippen LogP contribution is -2.31. The van der Waals surface area contributed by atoms with Crippen LogP contribution in [0.5, 0.6) is 0 Å². The first kappa shape index (κ1) is 26.4. The summed E-state index contributed by atoms with van der Waals surface area (Å²) in [5.41, 5.74) is 3.05. The molecular formula is C27H23BrN6O4. The molecule has 0 aliphatic carbocycles. The molecule has 0 saturated heterocycles. The molecule has 11 heteroatoms. The van der Waals surface area contributed by atoms with Gasteiger partial charge in [-0.2, -0.15) is 10.4 Å². The number of aromatic carboxylic acids is 1. The van der Waals surface area contributed by atoms with E-state index in [0.717, 1.165) is 5.56 Å². The van der Waals surface area contributed by atoms with Gasteiger partial charge in [0.05, 0.1) is 28.4 Å². The van der Waals surface area contributed by atoms with Crippen LogP contribution in [0.3, 0.4) is 0 Å². The minimum atomic E-state index is -1.01. The predicted molar refractivity (Wildman–Crippen MR) is 145 cm³/mol. The highest BCUT2D eigenvalue weighted by molar-refractivity contribution is 9.10. The fourth-order valence-corrected chi connectivity index (χ4v) is 4.27. The van der Waals surface area contributed by atoms with Gasteiger partial charge in [-0.15, -0.1) is 0 Å². The molecule has 1 heterocycles. The molecule has 3 aromatic carbocycles. The zero-order chi connectivity index (χ0) is 27.1. The van der Waals surface area contributed by atoms with Gasteiger partial charge < -0.3 is 21.1 Å². The fourth-order valence-electron chi connectivity index (χ4n) is 3.80. The lowest BCUT2D eigenvalue weighted by Gasteiger charge is -2.11. The molecule has 0 bridgehead atoms. The molecule has 0 radical (unpaired) electrons. The molecule has 0 unspecified atom stereocenters. The number of hydrogen-bond acceptors (Lipinski definition) is 5. The number of halogens is 1. The number of nitriles is 1. The van der Waals surface area contributed by atoms with E-state index in [-0.39, 0.29) is 18.0 Å². The molecule has 0 aliphatic rings. The van der Waals surface area contributed by atoms with Gasteiger partial charge in [-0.25, -0.2) is 9.59 Å². The summed E-state index contributed by atoms with van der Waals surface area (Å²) in [5.74, 6) is -1.32. The molecule has 0 fully saturated rings. The van der Waals surface area contributed by atoms with Crippen LogP contribution in [0.25, 0.3) is 10.9 Å². The first-order valence-corrected chi connectivity index (χ1v) is 12.5. The lowest BCUT2D eigenvalue weighted by molar-refractivity contribution is 0.0696. The van der Waals surface area contributed by atoms with Gasteiger partial charge in [0.2, 0.25) is 0 Å². The van der Waals surface area contributed by atoms with Crippen molar-refractivity contribution < 1.29 is 19.5 Å². The first-order chi connectivity index (χ1) is 18.4. The number of nitrogens with zero attached hydrogens (tertiary/aromatic N) is 3. The van der Waals surface area contributed by atoms with E-state index in [1.165, 1.54) is 12.1 Å². The van der Waals surface area contributed by atoms with Crippen LogP contribution in [0.1, 0.15) is 38.4 Å². The number of carboxylic acid groups (broad SMARTS) is 1. The normalized spacial score (nSPS) is 10.5. The van der Waals surface area contributed by atoms with Crippen LogP contribution in [-0.4, -0.2) is 39.3 Å². The molecule has 0 spiro atoms. The number of benzene rings is 3. The number of amides is 3. The zero-order valence-electron chi connectivity index (χ0n) is 20.1. The minimum Gasteiger partial charge on any atom is -0.478 e. The van der Waals surface area contributed by atoms with Crippen LogP contribution >= 0.6 is 15.9 Å². The number of aromatic nitrogens is 2. The number of carbonyl (C=O) groups excluding carboxylic acids is 2. The van der Waals surface area contributed by atoms with E-state index in [2.05, 4.69) is 37.0 Å². The van der Waals surface area contributed by atoms with Crippen molar-refractivity contribution in [2.75, 3.05) is 11.9 Å². The van der Waals surface area contributed by atoms with Gasteiger partial charge in [0.25, 0.3) is 5.91 Å². The number of urea groups is 1. The summed E-state index contributed by atoms with van der Waals surface area (Å²) in [6.07, 6.45) is 0.521. The van der Waals surface area contributed by atoms with E-state index in [9.17, 15) is 14.4 Å². The Hall–Kier alpha value is -4.69. The molecule has 4 N–H and O–H groups in total. The summed E-state index contributed by atoms with van der Waals surface area (Å²) in [6.45, 7) is 0.962. The Bertz CT molecular complexity index is 1540. The summed E-state index contributed by atoms with van der Waals surface area (Å²) in [6, 6.07) is 20.2. The Kier molecular flexibility index (Phi) is 8.35. The number of aryl methyl sites for hydroxylation is 1. The number of carbonyl (C=O) groups is 3. The van der Waals surface area contributed by atoms with Gasteiger partial charge >= 0.3 is 12.0 Å². The maximum atomic E-state index is 13.1. The highest BCUT2D eigenvalue weighted by atomic mass is 79.9. The Labute approximate surface area is 226 Å². The summed E-state index contributed by atoms with van der Waals surface area (Å²) >= 11 is 3.34. The van der Waals surface area contributed by atoms with Crippen molar-refractivity contribution in [3.63, 3.8) is 0 Å². The average Bonchev–Trinajstić information content (AvgIpc) is 3.29. The number of rotatable bonds is 9. The van der Waals surface area contributed by atoms with Crippen molar-refractivity contribution in [2.45, 2.75) is 19.5 Å². The number of anilines is 1. The van der Waals surface area contributed by atoms with E-state index in [1.807, 2.05) is 30.3 Å². The molecule has 10 nitrogen and oxygen atoms in total. The Morgan fingerprint density at radius 3 is 2.50 bits per heavy atom. The topological polar surface area (TPSA) is 149 Å². The van der Waals surface area contributed by atoms with E-state index in [0.29, 0.717) is 51.8 Å². The van der Waals surface area contributed by atoms with Gasteiger partial charge in [-0.05, 0) is 64.3 Å². The standard InChI is InChI=1S/C27H23BrN6O4/c28-21-14-18(15-29)8-11-23(21)32-27(38)30-12-3-13-34-24(20-4-1-2-5-22(20)33-34)25(35)31-16-17-6-9-19(10-7-17)26(36)37/h1-2,4-11,14H,3,12-13,16H2,(H,31,35)(H,36,37)(H2,30,32,38). The molecule has 0 aliphatic heterocycles. The van der Waals surface area contributed by atoms with E-state index in [1.54, 1.807) is 35.0 Å². The fraction of sp³-hybridized carbons (Fsp3) is 0.148. The summed E-state index contributed by atoms with van der Waals surface area (Å²) in [7, 11) is 0. The molecule has 3 amide bonds. The van der Waals surface area contributed by atoms with Crippen LogP contribution in [0, 0.1) is 11.3 Å². The largest absolute Gasteiger partial charge is 0.478 e. The maximum Gasteiger partial charge on any atom is 0.335 e. The second-order valence-electron chi connectivity index (χ2n) is 8.31. The quantitative estimate of drug-likeness (QED) is 0.216. The van der Waals surface area contributed by atoms with Crippen LogP contribution in [0.4, 0.5) is 10.5 Å². The predicted octanol–water partition coefficient (Wildman–Crippen LogP) is 4.51. The molecule has 0 atom stereocenters. The zero-order valence-corrected chi connectivity index (χ0v) is 21.7. The van der Waals surface area contributed by atoms with Gasteiger partial charge in [0.15, 0.2) is 0 Å². The summed E-state index contributed by atoms with van der Waals surface area (Å²) < 4.78 is 2.23. The van der Waals surface area contributed by atoms with Crippen molar-refractivity contribution in [1.82, 2.24) is 20.4 Å². The van der Waals surface area contributed by atoms with Crippen LogP contribution in [0.15, 0.2) is 71.2 Å². The highest BCUT2D eigenvalue weighted by Crippen LogP contribution is 2.23. The van der Waals surface area contributed by atoms with Crippen LogP contribution in [0.2, 0.25) is 0 Å². The van der Waals surface area contributed by atoms with Gasteiger partial charge in [0.1, 0.15) is 5.69 Å². The molecule has 38 heavy (non-hydrogen) atoms. The third-order valence-corrected chi connectivity index (χ3v) is 6.35. The summed E-state index contributed by atoms with van der Waals surface area (Å²) in [4.78, 5) is 36.5. The Morgan fingerprint density at radius 2 is 1.79 bits per heavy atom. The van der Waals surface area contributed by atoms with Crippen molar-refractivity contribution >= 4 is 50.4 Å².